The van der Waals surface area contributed by atoms with Gasteiger partial charge in [0.05, 0.1) is 12.3 Å². The van der Waals surface area contributed by atoms with E-state index >= 15 is 0 Å². The van der Waals surface area contributed by atoms with E-state index in [2.05, 4.69) is 10.2 Å². The maximum atomic E-state index is 11.7. The molecule has 0 spiro atoms. The summed E-state index contributed by atoms with van der Waals surface area (Å²) in [5, 5.41) is 7.91. The van der Waals surface area contributed by atoms with Crippen molar-refractivity contribution in [3.8, 4) is 0 Å². The standard InChI is InChI=1S/C9H14N4O2S/c10-5-7-11-12-9(15-7)16-6-8(14)13-3-1-2-4-13/h1-6,10H2. The van der Waals surface area contributed by atoms with Gasteiger partial charge in [-0.05, 0) is 12.8 Å². The van der Waals surface area contributed by atoms with Gasteiger partial charge in [-0.1, -0.05) is 11.8 Å². The van der Waals surface area contributed by atoms with Crippen molar-refractivity contribution in [2.75, 3.05) is 18.8 Å². The molecule has 0 bridgehead atoms. The molecular weight excluding hydrogens is 228 g/mol. The number of nitrogens with two attached hydrogens (primary N) is 1. The third-order valence-electron chi connectivity index (χ3n) is 2.40. The fraction of sp³-hybridized carbons (Fsp3) is 0.667. The van der Waals surface area contributed by atoms with Gasteiger partial charge in [0.25, 0.3) is 5.22 Å². The van der Waals surface area contributed by atoms with Crippen LogP contribution in [0.25, 0.3) is 0 Å². The lowest BCUT2D eigenvalue weighted by molar-refractivity contribution is -0.127. The molecule has 2 rings (SSSR count). The van der Waals surface area contributed by atoms with Crippen LogP contribution in [0.3, 0.4) is 0 Å². The van der Waals surface area contributed by atoms with Crippen LogP contribution in [0.1, 0.15) is 18.7 Å². The molecule has 0 aliphatic carbocycles. The van der Waals surface area contributed by atoms with E-state index in [-0.39, 0.29) is 12.5 Å². The number of carbonyl (C=O) groups excluding carboxylic acids is 1. The predicted molar refractivity (Wildman–Crippen MR) is 58.7 cm³/mol. The van der Waals surface area contributed by atoms with Crippen LogP contribution in [-0.2, 0) is 11.3 Å². The van der Waals surface area contributed by atoms with Crippen molar-refractivity contribution in [2.45, 2.75) is 24.6 Å². The number of carbonyl (C=O) groups is 1. The third kappa shape index (κ3) is 2.73. The number of rotatable bonds is 4. The van der Waals surface area contributed by atoms with E-state index in [9.17, 15) is 4.79 Å². The number of thioether (sulfide) groups is 1. The number of hydrogen-bond donors (Lipinski definition) is 1. The van der Waals surface area contributed by atoms with Gasteiger partial charge in [0, 0.05) is 13.1 Å². The zero-order chi connectivity index (χ0) is 11.4. The van der Waals surface area contributed by atoms with Gasteiger partial charge in [0.2, 0.25) is 11.8 Å². The Balaban J connectivity index is 1.80. The Morgan fingerprint density at radius 1 is 1.44 bits per heavy atom. The Kier molecular flexibility index (Phi) is 3.79. The quantitative estimate of drug-likeness (QED) is 0.761. The van der Waals surface area contributed by atoms with E-state index < -0.39 is 0 Å². The molecule has 1 aromatic rings. The molecule has 1 aliphatic rings. The predicted octanol–water partition coefficient (Wildman–Crippen LogP) is 0.243. The van der Waals surface area contributed by atoms with Crippen LogP contribution in [0.2, 0.25) is 0 Å². The van der Waals surface area contributed by atoms with E-state index in [1.54, 1.807) is 0 Å². The van der Waals surface area contributed by atoms with Crippen molar-refractivity contribution in [1.82, 2.24) is 15.1 Å². The molecule has 7 heteroatoms. The molecule has 1 fully saturated rings. The van der Waals surface area contributed by atoms with Crippen molar-refractivity contribution in [1.29, 1.82) is 0 Å². The van der Waals surface area contributed by atoms with E-state index in [1.807, 2.05) is 4.90 Å². The van der Waals surface area contributed by atoms with Crippen molar-refractivity contribution in [3.05, 3.63) is 5.89 Å². The highest BCUT2D eigenvalue weighted by Gasteiger charge is 2.18. The van der Waals surface area contributed by atoms with Gasteiger partial charge >= 0.3 is 0 Å². The number of hydrogen-bond acceptors (Lipinski definition) is 6. The van der Waals surface area contributed by atoms with Crippen LogP contribution in [0.4, 0.5) is 0 Å². The zero-order valence-electron chi connectivity index (χ0n) is 8.89. The maximum Gasteiger partial charge on any atom is 0.277 e. The molecule has 0 radical (unpaired) electrons. The largest absolute Gasteiger partial charge is 0.415 e. The maximum absolute atomic E-state index is 11.7. The first kappa shape index (κ1) is 11.4. The second kappa shape index (κ2) is 5.31. The molecule has 1 aliphatic heterocycles. The SMILES string of the molecule is NCc1nnc(SCC(=O)N2CCCC2)o1. The molecule has 16 heavy (non-hydrogen) atoms. The van der Waals surface area contributed by atoms with Crippen LogP contribution >= 0.6 is 11.8 Å². The lowest BCUT2D eigenvalue weighted by Gasteiger charge is -2.13. The first-order chi connectivity index (χ1) is 7.79. The van der Waals surface area contributed by atoms with Crippen LogP contribution in [0, 0.1) is 0 Å². The first-order valence-electron chi connectivity index (χ1n) is 5.22. The van der Waals surface area contributed by atoms with Crippen molar-refractivity contribution < 1.29 is 9.21 Å². The summed E-state index contributed by atoms with van der Waals surface area (Å²) < 4.78 is 5.19. The first-order valence-corrected chi connectivity index (χ1v) is 6.21. The topological polar surface area (TPSA) is 85.2 Å². The number of aromatic nitrogens is 2. The zero-order valence-corrected chi connectivity index (χ0v) is 9.70. The Morgan fingerprint density at radius 3 is 2.81 bits per heavy atom. The number of likely N-dealkylation sites (tertiary alicyclic amines) is 1. The lowest BCUT2D eigenvalue weighted by atomic mass is 10.4. The molecular formula is C9H14N4O2S. The van der Waals surface area contributed by atoms with Crippen molar-refractivity contribution in [2.24, 2.45) is 5.73 Å². The van der Waals surface area contributed by atoms with Gasteiger partial charge in [-0.3, -0.25) is 4.79 Å². The highest BCUT2D eigenvalue weighted by atomic mass is 32.2. The second-order valence-corrected chi connectivity index (χ2v) is 4.47. The summed E-state index contributed by atoms with van der Waals surface area (Å²) in [7, 11) is 0. The summed E-state index contributed by atoms with van der Waals surface area (Å²) >= 11 is 1.26. The summed E-state index contributed by atoms with van der Waals surface area (Å²) in [6.45, 7) is 1.97. The molecule has 2 N–H and O–H groups in total. The monoisotopic (exact) mass is 242 g/mol. The Bertz CT molecular complexity index is 362. The summed E-state index contributed by atoms with van der Waals surface area (Å²) in [6.07, 6.45) is 2.21. The molecule has 1 amide bonds. The Morgan fingerprint density at radius 2 is 2.19 bits per heavy atom. The van der Waals surface area contributed by atoms with E-state index in [0.717, 1.165) is 25.9 Å². The average Bonchev–Trinajstić information content (AvgIpc) is 2.96. The fourth-order valence-corrected chi connectivity index (χ4v) is 2.24. The van der Waals surface area contributed by atoms with Crippen LogP contribution in [0.5, 0.6) is 0 Å². The van der Waals surface area contributed by atoms with Crippen LogP contribution in [-0.4, -0.2) is 39.8 Å². The molecule has 88 valence electrons. The van der Waals surface area contributed by atoms with Gasteiger partial charge in [0.15, 0.2) is 0 Å². The van der Waals surface area contributed by atoms with Crippen molar-refractivity contribution in [3.63, 3.8) is 0 Å². The van der Waals surface area contributed by atoms with Gasteiger partial charge in [0.1, 0.15) is 0 Å². The molecule has 1 saturated heterocycles. The smallest absolute Gasteiger partial charge is 0.277 e. The van der Waals surface area contributed by atoms with Gasteiger partial charge in [-0.2, -0.15) is 0 Å². The molecule has 0 saturated carbocycles. The van der Waals surface area contributed by atoms with Crippen LogP contribution < -0.4 is 5.73 Å². The number of amides is 1. The van der Waals surface area contributed by atoms with Crippen molar-refractivity contribution >= 4 is 17.7 Å². The number of nitrogens with zero attached hydrogens (tertiary/aromatic N) is 3. The summed E-state index contributed by atoms with van der Waals surface area (Å²) in [5.74, 6) is 0.887. The van der Waals surface area contributed by atoms with E-state index in [0.29, 0.717) is 16.9 Å². The molecule has 1 aromatic heterocycles. The fourth-order valence-electron chi connectivity index (χ4n) is 1.56. The summed E-state index contributed by atoms with van der Waals surface area (Å²) in [5.41, 5.74) is 5.34. The minimum Gasteiger partial charge on any atom is -0.415 e. The van der Waals surface area contributed by atoms with Gasteiger partial charge < -0.3 is 15.1 Å². The normalized spacial score (nSPS) is 15.7. The second-order valence-electron chi connectivity index (χ2n) is 3.54. The highest BCUT2D eigenvalue weighted by Crippen LogP contribution is 2.17. The lowest BCUT2D eigenvalue weighted by Crippen LogP contribution is -2.29. The van der Waals surface area contributed by atoms with E-state index in [1.165, 1.54) is 11.8 Å². The van der Waals surface area contributed by atoms with E-state index in [4.69, 9.17) is 10.2 Å². The molecule has 0 atom stereocenters. The third-order valence-corrected chi connectivity index (χ3v) is 3.20. The van der Waals surface area contributed by atoms with Crippen LogP contribution in [0.15, 0.2) is 9.64 Å². The Hall–Kier alpha value is -1.08. The van der Waals surface area contributed by atoms with Gasteiger partial charge in [-0.15, -0.1) is 10.2 Å². The molecule has 2 heterocycles. The van der Waals surface area contributed by atoms with Gasteiger partial charge in [-0.25, -0.2) is 0 Å². The average molecular weight is 242 g/mol. The summed E-state index contributed by atoms with van der Waals surface area (Å²) in [6, 6.07) is 0. The molecule has 6 nitrogen and oxygen atoms in total. The summed E-state index contributed by atoms with van der Waals surface area (Å²) in [4.78, 5) is 13.6. The molecule has 0 unspecified atom stereocenters. The minimum atomic E-state index is 0.134. The minimum absolute atomic E-state index is 0.134. The highest BCUT2D eigenvalue weighted by molar-refractivity contribution is 7.99. The Labute approximate surface area is 97.6 Å². The molecule has 0 aromatic carbocycles.